The summed E-state index contributed by atoms with van der Waals surface area (Å²) in [6.07, 6.45) is 5.41. The predicted octanol–water partition coefficient (Wildman–Crippen LogP) is 4.02. The lowest BCUT2D eigenvalue weighted by molar-refractivity contribution is 0.0904. The zero-order chi connectivity index (χ0) is 13.7. The molecule has 1 aliphatic carbocycles. The van der Waals surface area contributed by atoms with Crippen LogP contribution in [0.3, 0.4) is 0 Å². The Bertz CT molecular complexity index is 365. The molecule has 0 bridgehead atoms. The number of benzene rings is 1. The van der Waals surface area contributed by atoms with Gasteiger partial charge in [0.25, 0.3) is 0 Å². The SMILES string of the molecule is CC(C)c1ccc(C(N)COCC2CCCC2)cc1. The highest BCUT2D eigenvalue weighted by Gasteiger charge is 2.15. The van der Waals surface area contributed by atoms with Gasteiger partial charge in [-0.3, -0.25) is 0 Å². The average Bonchev–Trinajstić information content (AvgIpc) is 2.92. The van der Waals surface area contributed by atoms with Crippen LogP contribution in [0.1, 0.15) is 62.6 Å². The van der Waals surface area contributed by atoms with Crippen molar-refractivity contribution in [2.45, 2.75) is 51.5 Å². The molecule has 0 heterocycles. The second-order valence-electron chi connectivity index (χ2n) is 6.12. The maximum Gasteiger partial charge on any atom is 0.0659 e. The second kappa shape index (κ2) is 7.06. The van der Waals surface area contributed by atoms with Gasteiger partial charge in [0.2, 0.25) is 0 Å². The summed E-state index contributed by atoms with van der Waals surface area (Å²) >= 11 is 0. The van der Waals surface area contributed by atoms with E-state index in [0.717, 1.165) is 12.5 Å². The van der Waals surface area contributed by atoms with Crippen molar-refractivity contribution < 1.29 is 4.74 Å². The van der Waals surface area contributed by atoms with E-state index in [9.17, 15) is 0 Å². The van der Waals surface area contributed by atoms with E-state index >= 15 is 0 Å². The van der Waals surface area contributed by atoms with E-state index in [1.807, 2.05) is 0 Å². The van der Waals surface area contributed by atoms with Gasteiger partial charge >= 0.3 is 0 Å². The minimum absolute atomic E-state index is 0.00242. The van der Waals surface area contributed by atoms with E-state index in [1.165, 1.54) is 36.8 Å². The van der Waals surface area contributed by atoms with E-state index in [4.69, 9.17) is 10.5 Å². The summed E-state index contributed by atoms with van der Waals surface area (Å²) in [7, 11) is 0. The van der Waals surface area contributed by atoms with Gasteiger partial charge in [-0.2, -0.15) is 0 Å². The normalized spacial score (nSPS) is 18.1. The molecule has 106 valence electrons. The molecule has 0 radical (unpaired) electrons. The van der Waals surface area contributed by atoms with Gasteiger partial charge in [-0.15, -0.1) is 0 Å². The molecule has 2 heteroatoms. The largest absolute Gasteiger partial charge is 0.379 e. The minimum Gasteiger partial charge on any atom is -0.379 e. The van der Waals surface area contributed by atoms with Crippen LogP contribution >= 0.6 is 0 Å². The Hall–Kier alpha value is -0.860. The summed E-state index contributed by atoms with van der Waals surface area (Å²) in [5.74, 6) is 1.35. The smallest absolute Gasteiger partial charge is 0.0659 e. The minimum atomic E-state index is 0.00242. The fourth-order valence-corrected chi connectivity index (χ4v) is 2.76. The van der Waals surface area contributed by atoms with Crippen LogP contribution in [0.25, 0.3) is 0 Å². The summed E-state index contributed by atoms with van der Waals surface area (Å²) in [4.78, 5) is 0. The summed E-state index contributed by atoms with van der Waals surface area (Å²) in [6.45, 7) is 5.94. The third-order valence-electron chi connectivity index (χ3n) is 4.16. The van der Waals surface area contributed by atoms with Gasteiger partial charge in [-0.25, -0.2) is 0 Å². The molecule has 1 saturated carbocycles. The van der Waals surface area contributed by atoms with Crippen LogP contribution in [0.5, 0.6) is 0 Å². The van der Waals surface area contributed by atoms with Crippen LogP contribution in [-0.4, -0.2) is 13.2 Å². The molecule has 0 saturated heterocycles. The third-order valence-corrected chi connectivity index (χ3v) is 4.16. The molecule has 2 N–H and O–H groups in total. The highest BCUT2D eigenvalue weighted by Crippen LogP contribution is 2.25. The summed E-state index contributed by atoms with van der Waals surface area (Å²) in [5.41, 5.74) is 8.72. The molecule has 0 amide bonds. The molecular formula is C17H27NO. The van der Waals surface area contributed by atoms with E-state index in [1.54, 1.807) is 0 Å². The Morgan fingerprint density at radius 2 is 1.68 bits per heavy atom. The van der Waals surface area contributed by atoms with Gasteiger partial charge in [-0.1, -0.05) is 51.0 Å². The summed E-state index contributed by atoms with van der Waals surface area (Å²) in [5, 5.41) is 0. The molecule has 2 rings (SSSR count). The Balaban J connectivity index is 1.76. The van der Waals surface area contributed by atoms with Gasteiger partial charge in [-0.05, 0) is 35.8 Å². The molecule has 1 fully saturated rings. The van der Waals surface area contributed by atoms with Crippen molar-refractivity contribution in [2.75, 3.05) is 13.2 Å². The Morgan fingerprint density at radius 1 is 1.11 bits per heavy atom. The second-order valence-corrected chi connectivity index (χ2v) is 6.12. The lowest BCUT2D eigenvalue weighted by Gasteiger charge is -2.16. The van der Waals surface area contributed by atoms with Gasteiger partial charge in [0.1, 0.15) is 0 Å². The third kappa shape index (κ3) is 4.32. The van der Waals surface area contributed by atoms with Crippen molar-refractivity contribution in [2.24, 2.45) is 11.7 Å². The topological polar surface area (TPSA) is 35.2 Å². The molecule has 1 unspecified atom stereocenters. The molecule has 0 aliphatic heterocycles. The highest BCUT2D eigenvalue weighted by atomic mass is 16.5. The number of rotatable bonds is 6. The van der Waals surface area contributed by atoms with Crippen LogP contribution in [0.2, 0.25) is 0 Å². The fourth-order valence-electron chi connectivity index (χ4n) is 2.76. The first-order valence-corrected chi connectivity index (χ1v) is 7.60. The van der Waals surface area contributed by atoms with Gasteiger partial charge < -0.3 is 10.5 Å². The zero-order valence-corrected chi connectivity index (χ0v) is 12.3. The summed E-state index contributed by atoms with van der Waals surface area (Å²) < 4.78 is 5.79. The molecule has 2 nitrogen and oxygen atoms in total. The standard InChI is InChI=1S/C17H27NO/c1-13(2)15-7-9-16(10-8-15)17(18)12-19-11-14-5-3-4-6-14/h7-10,13-14,17H,3-6,11-12,18H2,1-2H3. The van der Waals surface area contributed by atoms with Crippen LogP contribution in [-0.2, 0) is 4.74 Å². The number of hydrogen-bond donors (Lipinski definition) is 1. The first kappa shape index (κ1) is 14.5. The lowest BCUT2D eigenvalue weighted by atomic mass is 9.99. The number of nitrogens with two attached hydrogens (primary N) is 1. The van der Waals surface area contributed by atoms with E-state index in [2.05, 4.69) is 38.1 Å². The first-order valence-electron chi connectivity index (χ1n) is 7.60. The Kier molecular flexibility index (Phi) is 5.41. The van der Waals surface area contributed by atoms with Crippen molar-refractivity contribution in [3.63, 3.8) is 0 Å². The van der Waals surface area contributed by atoms with Gasteiger partial charge in [0, 0.05) is 6.61 Å². The molecule has 1 aliphatic rings. The maximum absolute atomic E-state index is 6.18. The van der Waals surface area contributed by atoms with E-state index < -0.39 is 0 Å². The van der Waals surface area contributed by atoms with Crippen molar-refractivity contribution >= 4 is 0 Å². The van der Waals surface area contributed by atoms with Crippen molar-refractivity contribution in [1.29, 1.82) is 0 Å². The lowest BCUT2D eigenvalue weighted by Crippen LogP contribution is -2.19. The molecule has 0 spiro atoms. The predicted molar refractivity (Wildman–Crippen MR) is 80.2 cm³/mol. The molecule has 0 aromatic heterocycles. The molecule has 1 atom stereocenters. The Morgan fingerprint density at radius 3 is 2.26 bits per heavy atom. The van der Waals surface area contributed by atoms with Crippen LogP contribution < -0.4 is 5.73 Å². The molecule has 19 heavy (non-hydrogen) atoms. The van der Waals surface area contributed by atoms with Crippen LogP contribution in [0, 0.1) is 5.92 Å². The van der Waals surface area contributed by atoms with Crippen molar-refractivity contribution in [1.82, 2.24) is 0 Å². The molecular weight excluding hydrogens is 234 g/mol. The monoisotopic (exact) mass is 261 g/mol. The van der Waals surface area contributed by atoms with Gasteiger partial charge in [0.15, 0.2) is 0 Å². The first-order chi connectivity index (χ1) is 9.16. The van der Waals surface area contributed by atoms with E-state index in [0.29, 0.717) is 12.5 Å². The van der Waals surface area contributed by atoms with Crippen LogP contribution in [0.4, 0.5) is 0 Å². The molecule has 1 aromatic rings. The van der Waals surface area contributed by atoms with Crippen molar-refractivity contribution in [3.05, 3.63) is 35.4 Å². The average molecular weight is 261 g/mol. The zero-order valence-electron chi connectivity index (χ0n) is 12.3. The highest BCUT2D eigenvalue weighted by molar-refractivity contribution is 5.26. The molecule has 1 aromatic carbocycles. The quantitative estimate of drug-likeness (QED) is 0.839. The van der Waals surface area contributed by atoms with Gasteiger partial charge in [0.05, 0.1) is 12.6 Å². The fraction of sp³-hybridized carbons (Fsp3) is 0.647. The van der Waals surface area contributed by atoms with Crippen molar-refractivity contribution in [3.8, 4) is 0 Å². The summed E-state index contributed by atoms with van der Waals surface area (Å²) in [6, 6.07) is 8.63. The number of hydrogen-bond acceptors (Lipinski definition) is 2. The van der Waals surface area contributed by atoms with Crippen LogP contribution in [0.15, 0.2) is 24.3 Å². The van der Waals surface area contributed by atoms with E-state index in [-0.39, 0.29) is 6.04 Å². The maximum atomic E-state index is 6.18. The Labute approximate surface area is 117 Å². The number of ether oxygens (including phenoxy) is 1.